The van der Waals surface area contributed by atoms with E-state index in [4.69, 9.17) is 16.3 Å². The van der Waals surface area contributed by atoms with E-state index in [-0.39, 0.29) is 6.03 Å². The molecule has 24 heavy (non-hydrogen) atoms. The standard InChI is InChI=1S/C18H26ClN3O2/c19-8-9-20-18(23)21-14-4-6-16(7-5-14)24-17-12-15(13-17)22-10-2-1-3-11-22/h4-7,15,17H,1-3,8-13H2,(H2,20,21,23). The van der Waals surface area contributed by atoms with Gasteiger partial charge in [-0.25, -0.2) is 4.79 Å². The van der Waals surface area contributed by atoms with E-state index in [0.29, 0.717) is 24.6 Å². The third-order valence-corrected chi connectivity index (χ3v) is 4.96. The molecule has 1 aliphatic heterocycles. The number of benzene rings is 1. The fraction of sp³-hybridized carbons (Fsp3) is 0.611. The van der Waals surface area contributed by atoms with Crippen molar-refractivity contribution in [3.05, 3.63) is 24.3 Å². The molecule has 2 amide bonds. The number of carbonyl (C=O) groups excluding carboxylic acids is 1. The Morgan fingerprint density at radius 3 is 2.54 bits per heavy atom. The molecule has 2 fully saturated rings. The number of ether oxygens (including phenoxy) is 1. The van der Waals surface area contributed by atoms with E-state index in [9.17, 15) is 4.79 Å². The average Bonchev–Trinajstić information content (AvgIpc) is 2.58. The third kappa shape index (κ3) is 4.77. The van der Waals surface area contributed by atoms with E-state index in [1.807, 2.05) is 24.3 Å². The summed E-state index contributed by atoms with van der Waals surface area (Å²) < 4.78 is 6.02. The van der Waals surface area contributed by atoms with E-state index < -0.39 is 0 Å². The number of nitrogens with zero attached hydrogens (tertiary/aromatic N) is 1. The molecule has 1 aromatic rings. The minimum absolute atomic E-state index is 0.243. The summed E-state index contributed by atoms with van der Waals surface area (Å²) in [6, 6.07) is 8.00. The van der Waals surface area contributed by atoms with Crippen molar-refractivity contribution >= 4 is 23.3 Å². The lowest BCUT2D eigenvalue weighted by Gasteiger charge is -2.44. The summed E-state index contributed by atoms with van der Waals surface area (Å²) in [5.74, 6) is 1.27. The van der Waals surface area contributed by atoms with Crippen LogP contribution in [0.5, 0.6) is 5.75 Å². The summed E-state index contributed by atoms with van der Waals surface area (Å²) in [5.41, 5.74) is 0.745. The molecule has 1 saturated heterocycles. The van der Waals surface area contributed by atoms with E-state index in [2.05, 4.69) is 15.5 Å². The molecule has 3 rings (SSSR count). The number of hydrogen-bond acceptors (Lipinski definition) is 3. The Labute approximate surface area is 148 Å². The Morgan fingerprint density at radius 2 is 1.88 bits per heavy atom. The van der Waals surface area contributed by atoms with Gasteiger partial charge in [0.05, 0.1) is 0 Å². The number of anilines is 1. The molecule has 1 saturated carbocycles. The summed E-state index contributed by atoms with van der Waals surface area (Å²) in [4.78, 5) is 14.2. The number of halogens is 1. The zero-order valence-electron chi connectivity index (χ0n) is 14.0. The number of urea groups is 1. The maximum Gasteiger partial charge on any atom is 0.319 e. The van der Waals surface area contributed by atoms with Crippen LogP contribution in [0.2, 0.25) is 0 Å². The lowest BCUT2D eigenvalue weighted by atomic mass is 9.86. The van der Waals surface area contributed by atoms with Crippen LogP contribution in [0.15, 0.2) is 24.3 Å². The van der Waals surface area contributed by atoms with Crippen molar-refractivity contribution in [2.45, 2.75) is 44.2 Å². The van der Waals surface area contributed by atoms with Crippen molar-refractivity contribution in [2.24, 2.45) is 0 Å². The number of hydrogen-bond donors (Lipinski definition) is 2. The van der Waals surface area contributed by atoms with Crippen LogP contribution in [0, 0.1) is 0 Å². The number of likely N-dealkylation sites (tertiary alicyclic amines) is 1. The van der Waals surface area contributed by atoms with Crippen LogP contribution in [-0.4, -0.2) is 48.6 Å². The first-order chi connectivity index (χ1) is 11.7. The van der Waals surface area contributed by atoms with Gasteiger partial charge >= 0.3 is 6.03 Å². The van der Waals surface area contributed by atoms with Crippen molar-refractivity contribution in [3.8, 4) is 5.75 Å². The molecule has 1 aliphatic carbocycles. The molecule has 0 spiro atoms. The molecule has 1 aromatic carbocycles. The Hall–Kier alpha value is -1.46. The van der Waals surface area contributed by atoms with Gasteiger partial charge in [-0.05, 0) is 50.2 Å². The SMILES string of the molecule is O=C(NCCCl)Nc1ccc(OC2CC(N3CCCCC3)C2)cc1. The lowest BCUT2D eigenvalue weighted by molar-refractivity contribution is 0.00893. The molecule has 1 heterocycles. The van der Waals surface area contributed by atoms with Gasteiger partial charge in [0.1, 0.15) is 11.9 Å². The Kier molecular flexibility index (Phi) is 6.21. The minimum Gasteiger partial charge on any atom is -0.490 e. The fourth-order valence-electron chi connectivity index (χ4n) is 3.36. The van der Waals surface area contributed by atoms with E-state index in [0.717, 1.165) is 24.3 Å². The highest BCUT2D eigenvalue weighted by Crippen LogP contribution is 2.31. The zero-order valence-corrected chi connectivity index (χ0v) is 14.7. The second-order valence-electron chi connectivity index (χ2n) is 6.56. The van der Waals surface area contributed by atoms with Crippen LogP contribution < -0.4 is 15.4 Å². The summed E-state index contributed by atoms with van der Waals surface area (Å²) in [5, 5.41) is 5.43. The number of piperidine rings is 1. The molecule has 2 N–H and O–H groups in total. The van der Waals surface area contributed by atoms with Gasteiger partial charge < -0.3 is 20.3 Å². The monoisotopic (exact) mass is 351 g/mol. The van der Waals surface area contributed by atoms with Crippen molar-refractivity contribution in [2.75, 3.05) is 30.8 Å². The van der Waals surface area contributed by atoms with Gasteiger partial charge in [0.25, 0.3) is 0 Å². The van der Waals surface area contributed by atoms with Crippen molar-refractivity contribution in [3.63, 3.8) is 0 Å². The maximum absolute atomic E-state index is 11.6. The number of alkyl halides is 1. The normalized spacial score (nSPS) is 24.0. The van der Waals surface area contributed by atoms with Gasteiger partial charge in [0.15, 0.2) is 0 Å². The maximum atomic E-state index is 11.6. The van der Waals surface area contributed by atoms with Crippen molar-refractivity contribution in [1.29, 1.82) is 0 Å². The lowest BCUT2D eigenvalue weighted by Crippen LogP contribution is -2.50. The Balaban J connectivity index is 1.40. The fourth-order valence-corrected chi connectivity index (χ4v) is 3.46. The highest BCUT2D eigenvalue weighted by atomic mass is 35.5. The molecule has 0 unspecified atom stereocenters. The quantitative estimate of drug-likeness (QED) is 0.772. The van der Waals surface area contributed by atoms with Gasteiger partial charge in [-0.15, -0.1) is 11.6 Å². The first kappa shape index (κ1) is 17.4. The Morgan fingerprint density at radius 1 is 1.17 bits per heavy atom. The molecule has 0 radical (unpaired) electrons. The first-order valence-corrected chi connectivity index (χ1v) is 9.39. The molecular formula is C18H26ClN3O2. The van der Waals surface area contributed by atoms with Crippen LogP contribution in [0.4, 0.5) is 10.5 Å². The zero-order chi connectivity index (χ0) is 16.8. The van der Waals surface area contributed by atoms with Gasteiger partial charge in [-0.1, -0.05) is 6.42 Å². The molecule has 0 atom stereocenters. The van der Waals surface area contributed by atoms with Crippen LogP contribution >= 0.6 is 11.6 Å². The van der Waals surface area contributed by atoms with Crippen LogP contribution in [0.25, 0.3) is 0 Å². The molecule has 0 aromatic heterocycles. The Bertz CT molecular complexity index is 526. The smallest absolute Gasteiger partial charge is 0.319 e. The number of amides is 2. The molecule has 2 aliphatic rings. The molecule has 6 heteroatoms. The molecular weight excluding hydrogens is 326 g/mol. The third-order valence-electron chi connectivity index (χ3n) is 4.77. The van der Waals surface area contributed by atoms with Crippen LogP contribution in [0.1, 0.15) is 32.1 Å². The van der Waals surface area contributed by atoms with Crippen molar-refractivity contribution < 1.29 is 9.53 Å². The van der Waals surface area contributed by atoms with E-state index >= 15 is 0 Å². The van der Waals surface area contributed by atoms with Gasteiger partial charge in [0, 0.05) is 37.0 Å². The summed E-state index contributed by atoms with van der Waals surface area (Å²) in [6.45, 7) is 2.96. The molecule has 0 bridgehead atoms. The predicted octanol–water partition coefficient (Wildman–Crippen LogP) is 3.44. The highest BCUT2D eigenvalue weighted by Gasteiger charge is 2.35. The number of rotatable bonds is 6. The van der Waals surface area contributed by atoms with Crippen molar-refractivity contribution in [1.82, 2.24) is 10.2 Å². The minimum atomic E-state index is -0.243. The number of nitrogens with one attached hydrogen (secondary N) is 2. The second kappa shape index (κ2) is 8.58. The summed E-state index contributed by atoms with van der Waals surface area (Å²) in [6.07, 6.45) is 6.64. The summed E-state index contributed by atoms with van der Waals surface area (Å²) >= 11 is 5.53. The van der Waals surface area contributed by atoms with Gasteiger partial charge in [-0.3, -0.25) is 0 Å². The molecule has 5 nitrogen and oxygen atoms in total. The van der Waals surface area contributed by atoms with Gasteiger partial charge in [0.2, 0.25) is 0 Å². The number of carbonyl (C=O) groups is 1. The molecule has 132 valence electrons. The van der Waals surface area contributed by atoms with Crippen LogP contribution in [0.3, 0.4) is 0 Å². The summed E-state index contributed by atoms with van der Waals surface area (Å²) in [7, 11) is 0. The highest BCUT2D eigenvalue weighted by molar-refractivity contribution is 6.18. The average molecular weight is 352 g/mol. The van der Waals surface area contributed by atoms with Gasteiger partial charge in [-0.2, -0.15) is 0 Å². The van der Waals surface area contributed by atoms with E-state index in [1.165, 1.54) is 32.4 Å². The second-order valence-corrected chi connectivity index (χ2v) is 6.93. The van der Waals surface area contributed by atoms with E-state index in [1.54, 1.807) is 0 Å². The van der Waals surface area contributed by atoms with Crippen LogP contribution in [-0.2, 0) is 0 Å². The first-order valence-electron chi connectivity index (χ1n) is 8.86. The largest absolute Gasteiger partial charge is 0.490 e. The predicted molar refractivity (Wildman–Crippen MR) is 97.0 cm³/mol. The topological polar surface area (TPSA) is 53.6 Å².